The zero-order valence-corrected chi connectivity index (χ0v) is 18.8. The Kier molecular flexibility index (Phi) is 5.41. The average Bonchev–Trinajstić information content (AvgIpc) is 3.55. The molecule has 0 aliphatic carbocycles. The summed E-state index contributed by atoms with van der Waals surface area (Å²) in [4.78, 5) is 6.82. The SMILES string of the molecule is COc1ccc(-n2c(C)ccc2[C@@H]2[C@@H](c3ccccn3)NC(=S)N2Cc2ccco2)cc1. The maximum Gasteiger partial charge on any atom is 0.170 e. The van der Waals surface area contributed by atoms with Crippen LogP contribution in [0.1, 0.15) is 34.9 Å². The number of thiocarbonyl (C=S) groups is 1. The van der Waals surface area contributed by atoms with Crippen molar-refractivity contribution in [3.05, 3.63) is 102 Å². The number of nitrogens with zero attached hydrogens (tertiary/aromatic N) is 3. The lowest BCUT2D eigenvalue weighted by Crippen LogP contribution is -2.30. The summed E-state index contributed by atoms with van der Waals surface area (Å²) in [6, 6.07) is 22.1. The van der Waals surface area contributed by atoms with Crippen molar-refractivity contribution in [3.8, 4) is 11.4 Å². The lowest BCUT2D eigenvalue weighted by Gasteiger charge is -2.28. The van der Waals surface area contributed by atoms with Crippen LogP contribution in [0.4, 0.5) is 0 Å². The van der Waals surface area contributed by atoms with Crippen molar-refractivity contribution < 1.29 is 9.15 Å². The Morgan fingerprint density at radius 3 is 2.59 bits per heavy atom. The number of ether oxygens (including phenoxy) is 1. The minimum absolute atomic E-state index is 0.0710. The minimum Gasteiger partial charge on any atom is -0.497 e. The van der Waals surface area contributed by atoms with E-state index < -0.39 is 0 Å². The number of hydrogen-bond acceptors (Lipinski definition) is 4. The second-order valence-electron chi connectivity index (χ2n) is 7.77. The molecule has 1 aliphatic heterocycles. The fraction of sp³-hybridized carbons (Fsp3) is 0.200. The van der Waals surface area contributed by atoms with Crippen molar-refractivity contribution in [2.75, 3.05) is 7.11 Å². The van der Waals surface area contributed by atoms with E-state index in [2.05, 4.69) is 51.0 Å². The highest BCUT2D eigenvalue weighted by molar-refractivity contribution is 7.80. The van der Waals surface area contributed by atoms with Crippen LogP contribution in [0.5, 0.6) is 5.75 Å². The Labute approximate surface area is 192 Å². The summed E-state index contributed by atoms with van der Waals surface area (Å²) in [5, 5.41) is 4.19. The van der Waals surface area contributed by atoms with Crippen LogP contribution in [-0.4, -0.2) is 26.7 Å². The summed E-state index contributed by atoms with van der Waals surface area (Å²) in [7, 11) is 1.68. The van der Waals surface area contributed by atoms with Crippen LogP contribution in [-0.2, 0) is 6.54 Å². The van der Waals surface area contributed by atoms with Gasteiger partial charge in [0.1, 0.15) is 11.5 Å². The zero-order valence-electron chi connectivity index (χ0n) is 17.9. The maximum absolute atomic E-state index is 5.79. The van der Waals surface area contributed by atoms with Gasteiger partial charge in [0.05, 0.1) is 37.7 Å². The molecular weight excluding hydrogens is 420 g/mol. The standard InChI is InChI=1S/C25H24N4O2S/c1-17-8-13-22(29(17)18-9-11-19(30-2)12-10-18)24-23(21-7-3-4-14-26-21)27-25(32)28(24)16-20-6-5-15-31-20/h3-15,23-24H,16H2,1-2H3,(H,27,32)/t23-,24-/m1/s1. The molecule has 0 radical (unpaired) electrons. The van der Waals surface area contributed by atoms with E-state index in [1.165, 1.54) is 0 Å². The number of furan rings is 1. The number of aromatic nitrogens is 2. The molecule has 0 amide bonds. The molecule has 0 saturated carbocycles. The fourth-order valence-electron chi connectivity index (χ4n) is 4.34. The molecule has 4 aromatic rings. The molecule has 6 nitrogen and oxygen atoms in total. The van der Waals surface area contributed by atoms with Crippen LogP contribution in [0.3, 0.4) is 0 Å². The number of rotatable bonds is 6. The van der Waals surface area contributed by atoms with Crippen molar-refractivity contribution >= 4 is 17.3 Å². The largest absolute Gasteiger partial charge is 0.497 e. The molecule has 1 aromatic carbocycles. The van der Waals surface area contributed by atoms with Crippen LogP contribution >= 0.6 is 12.2 Å². The van der Waals surface area contributed by atoms with Crippen molar-refractivity contribution in [1.29, 1.82) is 0 Å². The van der Waals surface area contributed by atoms with E-state index in [1.807, 2.05) is 48.7 Å². The molecule has 0 bridgehead atoms. The molecule has 2 atom stereocenters. The Bertz CT molecular complexity index is 1200. The monoisotopic (exact) mass is 444 g/mol. The van der Waals surface area contributed by atoms with E-state index in [0.29, 0.717) is 11.7 Å². The van der Waals surface area contributed by atoms with Crippen LogP contribution in [0.25, 0.3) is 5.69 Å². The number of pyridine rings is 1. The molecule has 3 aromatic heterocycles. The number of nitrogens with one attached hydrogen (secondary N) is 1. The second-order valence-corrected chi connectivity index (χ2v) is 8.15. The maximum atomic E-state index is 5.79. The van der Waals surface area contributed by atoms with Gasteiger partial charge in [-0.1, -0.05) is 6.07 Å². The summed E-state index contributed by atoms with van der Waals surface area (Å²) < 4.78 is 13.3. The second kappa shape index (κ2) is 8.51. The zero-order chi connectivity index (χ0) is 22.1. The first kappa shape index (κ1) is 20.3. The lowest BCUT2D eigenvalue weighted by molar-refractivity contribution is 0.280. The molecule has 1 saturated heterocycles. The summed E-state index contributed by atoms with van der Waals surface area (Å²) in [5.41, 5.74) is 4.28. The first-order chi connectivity index (χ1) is 15.7. The number of benzene rings is 1. The van der Waals surface area contributed by atoms with Crippen molar-refractivity contribution in [2.24, 2.45) is 0 Å². The minimum atomic E-state index is -0.0926. The Balaban J connectivity index is 1.62. The quantitative estimate of drug-likeness (QED) is 0.425. The van der Waals surface area contributed by atoms with E-state index in [9.17, 15) is 0 Å². The van der Waals surface area contributed by atoms with Crippen LogP contribution in [0.2, 0.25) is 0 Å². The molecule has 1 aliphatic rings. The summed E-state index contributed by atoms with van der Waals surface area (Å²) in [6.45, 7) is 2.68. The summed E-state index contributed by atoms with van der Waals surface area (Å²) in [6.07, 6.45) is 3.51. The predicted molar refractivity (Wildman–Crippen MR) is 127 cm³/mol. The van der Waals surface area contributed by atoms with Crippen molar-refractivity contribution in [1.82, 2.24) is 19.8 Å². The Hall–Kier alpha value is -3.58. The van der Waals surface area contributed by atoms with E-state index in [0.717, 1.165) is 34.3 Å². The van der Waals surface area contributed by atoms with Gasteiger partial charge in [0.25, 0.3) is 0 Å². The Morgan fingerprint density at radius 2 is 1.91 bits per heavy atom. The van der Waals surface area contributed by atoms with Crippen molar-refractivity contribution in [3.63, 3.8) is 0 Å². The average molecular weight is 445 g/mol. The fourth-order valence-corrected chi connectivity index (χ4v) is 4.65. The van der Waals surface area contributed by atoms with Gasteiger partial charge < -0.3 is 23.9 Å². The summed E-state index contributed by atoms with van der Waals surface area (Å²) >= 11 is 5.79. The third-order valence-corrected chi connectivity index (χ3v) is 6.20. The molecule has 32 heavy (non-hydrogen) atoms. The highest BCUT2D eigenvalue weighted by Gasteiger charge is 2.41. The van der Waals surface area contributed by atoms with Gasteiger partial charge in [-0.3, -0.25) is 4.98 Å². The van der Waals surface area contributed by atoms with E-state index in [4.69, 9.17) is 21.4 Å². The van der Waals surface area contributed by atoms with Gasteiger partial charge in [-0.25, -0.2) is 0 Å². The van der Waals surface area contributed by atoms with Crippen LogP contribution in [0, 0.1) is 6.92 Å². The molecule has 1 fully saturated rings. The van der Waals surface area contributed by atoms with Gasteiger partial charge in [-0.05, 0) is 79.8 Å². The molecule has 162 valence electrons. The normalized spacial score (nSPS) is 18.1. The van der Waals surface area contributed by atoms with Gasteiger partial charge in [0, 0.05) is 23.3 Å². The smallest absolute Gasteiger partial charge is 0.170 e. The molecule has 4 heterocycles. The van der Waals surface area contributed by atoms with E-state index in [1.54, 1.807) is 13.4 Å². The van der Waals surface area contributed by atoms with Gasteiger partial charge in [-0.15, -0.1) is 0 Å². The van der Waals surface area contributed by atoms with Crippen LogP contribution < -0.4 is 10.1 Å². The van der Waals surface area contributed by atoms with E-state index in [-0.39, 0.29) is 12.1 Å². The lowest BCUT2D eigenvalue weighted by atomic mass is 10.0. The number of methoxy groups -OCH3 is 1. The topological polar surface area (TPSA) is 55.5 Å². The third-order valence-electron chi connectivity index (χ3n) is 5.84. The number of hydrogen-bond donors (Lipinski definition) is 1. The predicted octanol–water partition coefficient (Wildman–Crippen LogP) is 4.96. The molecule has 0 unspecified atom stereocenters. The number of aryl methyl sites for hydroxylation is 1. The Morgan fingerprint density at radius 1 is 1.06 bits per heavy atom. The highest BCUT2D eigenvalue weighted by atomic mass is 32.1. The van der Waals surface area contributed by atoms with E-state index >= 15 is 0 Å². The van der Waals surface area contributed by atoms with Gasteiger partial charge in [0.15, 0.2) is 5.11 Å². The third kappa shape index (κ3) is 3.65. The first-order valence-corrected chi connectivity index (χ1v) is 10.9. The molecule has 1 N–H and O–H groups in total. The highest BCUT2D eigenvalue weighted by Crippen LogP contribution is 2.41. The molecule has 5 rings (SSSR count). The van der Waals surface area contributed by atoms with Gasteiger partial charge >= 0.3 is 0 Å². The molecule has 7 heteroatoms. The van der Waals surface area contributed by atoms with Gasteiger partial charge in [0.2, 0.25) is 0 Å². The van der Waals surface area contributed by atoms with Crippen LogP contribution in [0.15, 0.2) is 83.6 Å². The molecular formula is C25H24N4O2S. The van der Waals surface area contributed by atoms with Crippen molar-refractivity contribution in [2.45, 2.75) is 25.6 Å². The van der Waals surface area contributed by atoms with Gasteiger partial charge in [-0.2, -0.15) is 0 Å². The first-order valence-electron chi connectivity index (χ1n) is 10.5. The summed E-state index contributed by atoms with van der Waals surface area (Å²) in [5.74, 6) is 1.69. The molecule has 0 spiro atoms.